The van der Waals surface area contributed by atoms with Crippen LogP contribution in [0.5, 0.6) is 0 Å². The van der Waals surface area contributed by atoms with Crippen LogP contribution in [0.25, 0.3) is 0 Å². The van der Waals surface area contributed by atoms with Crippen molar-refractivity contribution in [3.05, 3.63) is 83.1 Å². The number of aromatic nitrogens is 1. The summed E-state index contributed by atoms with van der Waals surface area (Å²) < 4.78 is 0. The maximum absolute atomic E-state index is 12.9. The molecule has 0 bridgehead atoms. The predicted molar refractivity (Wildman–Crippen MR) is 109 cm³/mol. The number of thiazole rings is 1. The van der Waals surface area contributed by atoms with Crippen LogP contribution < -0.4 is 10.2 Å². The molecular weight excluding hydrogens is 358 g/mol. The zero-order valence-corrected chi connectivity index (χ0v) is 16.0. The summed E-state index contributed by atoms with van der Waals surface area (Å²) in [5, 5.41) is 3.42. The summed E-state index contributed by atoms with van der Waals surface area (Å²) in [7, 11) is 3.70. The van der Waals surface area contributed by atoms with E-state index in [1.807, 2.05) is 67.5 Å². The number of carbonyl (C=O) groups excluding carboxylic acids is 2. The smallest absolute Gasteiger partial charge is 0.229 e. The average Bonchev–Trinajstić information content (AvgIpc) is 3.11. The minimum Gasteiger partial charge on any atom is -0.354 e. The first kappa shape index (κ1) is 18.8. The van der Waals surface area contributed by atoms with Crippen LogP contribution in [0, 0.1) is 6.42 Å². The van der Waals surface area contributed by atoms with Gasteiger partial charge in [-0.2, -0.15) is 0 Å². The van der Waals surface area contributed by atoms with Crippen molar-refractivity contribution in [3.8, 4) is 0 Å². The second kappa shape index (κ2) is 8.60. The summed E-state index contributed by atoms with van der Waals surface area (Å²) in [6.45, 7) is 0. The van der Waals surface area contributed by atoms with E-state index in [0.29, 0.717) is 27.8 Å². The number of nitrogens with zero attached hydrogens (tertiary/aromatic N) is 2. The number of rotatable bonds is 7. The molecule has 0 saturated heterocycles. The molecule has 137 valence electrons. The molecule has 3 aromatic rings. The summed E-state index contributed by atoms with van der Waals surface area (Å²) >= 11 is 1.26. The third-order valence-electron chi connectivity index (χ3n) is 3.85. The van der Waals surface area contributed by atoms with Gasteiger partial charge in [0.25, 0.3) is 0 Å². The summed E-state index contributed by atoms with van der Waals surface area (Å²) in [5.74, 6) is -0.136. The van der Waals surface area contributed by atoms with Crippen LogP contribution in [0.15, 0.2) is 60.7 Å². The quantitative estimate of drug-likeness (QED) is 0.635. The first-order valence-corrected chi connectivity index (χ1v) is 9.32. The normalized spacial score (nSPS) is 10.4. The fraction of sp³-hybridized carbons (Fsp3) is 0.143. The minimum absolute atomic E-state index is 0.153. The van der Waals surface area contributed by atoms with E-state index in [9.17, 15) is 9.59 Å². The highest BCUT2D eigenvalue weighted by Crippen LogP contribution is 2.31. The highest BCUT2D eigenvalue weighted by Gasteiger charge is 2.22. The molecule has 0 atom stereocenters. The molecule has 5 nitrogen and oxygen atoms in total. The molecule has 6 heteroatoms. The van der Waals surface area contributed by atoms with Crippen LogP contribution in [0.1, 0.15) is 20.8 Å². The van der Waals surface area contributed by atoms with Gasteiger partial charge in [-0.3, -0.25) is 9.59 Å². The Morgan fingerprint density at radius 2 is 1.67 bits per heavy atom. The van der Waals surface area contributed by atoms with Crippen LogP contribution in [0.3, 0.4) is 0 Å². The van der Waals surface area contributed by atoms with Gasteiger partial charge in [0.05, 0.1) is 6.42 Å². The van der Waals surface area contributed by atoms with E-state index in [-0.39, 0.29) is 11.7 Å². The molecule has 3 rings (SSSR count). The largest absolute Gasteiger partial charge is 0.354 e. The number of ketones is 1. The van der Waals surface area contributed by atoms with Gasteiger partial charge in [0, 0.05) is 19.7 Å². The van der Waals surface area contributed by atoms with Crippen molar-refractivity contribution >= 4 is 34.0 Å². The van der Waals surface area contributed by atoms with E-state index in [1.54, 1.807) is 18.6 Å². The summed E-state index contributed by atoms with van der Waals surface area (Å²) in [6, 6.07) is 18.7. The maximum atomic E-state index is 12.9. The Labute approximate surface area is 162 Å². The van der Waals surface area contributed by atoms with E-state index in [2.05, 4.69) is 10.3 Å². The second-order valence-corrected chi connectivity index (χ2v) is 7.12. The third-order valence-corrected chi connectivity index (χ3v) is 5.07. The molecule has 0 aliphatic heterocycles. The van der Waals surface area contributed by atoms with Gasteiger partial charge in [0.1, 0.15) is 4.88 Å². The van der Waals surface area contributed by atoms with E-state index < -0.39 is 0 Å². The van der Waals surface area contributed by atoms with E-state index in [1.165, 1.54) is 11.3 Å². The van der Waals surface area contributed by atoms with Gasteiger partial charge < -0.3 is 10.2 Å². The van der Waals surface area contributed by atoms with Gasteiger partial charge >= 0.3 is 0 Å². The number of amides is 1. The Morgan fingerprint density at radius 3 is 2.30 bits per heavy atom. The predicted octanol–water partition coefficient (Wildman–Crippen LogP) is 3.83. The average molecular weight is 378 g/mol. The first-order valence-electron chi connectivity index (χ1n) is 8.50. The lowest BCUT2D eigenvalue weighted by atomic mass is 10.1. The summed E-state index contributed by atoms with van der Waals surface area (Å²) in [5.41, 5.74) is 1.61. The number of benzene rings is 2. The van der Waals surface area contributed by atoms with Crippen molar-refractivity contribution in [2.45, 2.75) is 6.42 Å². The number of nitrogens with one attached hydrogen (secondary N) is 1. The van der Waals surface area contributed by atoms with Crippen molar-refractivity contribution in [1.29, 1.82) is 0 Å². The molecule has 0 unspecified atom stereocenters. The Hall–Kier alpha value is -2.99. The Morgan fingerprint density at radius 1 is 1.04 bits per heavy atom. The van der Waals surface area contributed by atoms with Gasteiger partial charge in [0.15, 0.2) is 10.9 Å². The van der Waals surface area contributed by atoms with Crippen molar-refractivity contribution in [2.24, 2.45) is 0 Å². The monoisotopic (exact) mass is 378 g/mol. The summed E-state index contributed by atoms with van der Waals surface area (Å²) in [6.07, 6.45) is 2.07. The standard InChI is InChI=1S/C21H20N3O2S/c1-24(2)21-23-20(19(27-21)18(26)16-11-7-4-8-12-16)22-17(25)14-13-15-9-5-3-6-10-15/h3-12,14H,13H2,1-2H3,(H,22,25). The van der Waals surface area contributed by atoms with Crippen LogP contribution in [-0.4, -0.2) is 30.8 Å². The van der Waals surface area contributed by atoms with Crippen LogP contribution in [0.4, 0.5) is 10.9 Å². The number of hydrogen-bond acceptors (Lipinski definition) is 5. The lowest BCUT2D eigenvalue weighted by Crippen LogP contribution is -2.16. The molecule has 1 amide bonds. The lowest BCUT2D eigenvalue weighted by Gasteiger charge is -2.06. The summed E-state index contributed by atoms with van der Waals surface area (Å²) in [4.78, 5) is 31.9. The fourth-order valence-electron chi connectivity index (χ4n) is 2.45. The molecule has 27 heavy (non-hydrogen) atoms. The van der Waals surface area contributed by atoms with Gasteiger partial charge in [-0.15, -0.1) is 0 Å². The topological polar surface area (TPSA) is 62.3 Å². The second-order valence-electron chi connectivity index (χ2n) is 6.15. The lowest BCUT2D eigenvalue weighted by molar-refractivity contribution is -0.113. The highest BCUT2D eigenvalue weighted by atomic mass is 32.1. The molecule has 0 spiro atoms. The fourth-order valence-corrected chi connectivity index (χ4v) is 3.36. The van der Waals surface area contributed by atoms with E-state index >= 15 is 0 Å². The van der Waals surface area contributed by atoms with Crippen molar-refractivity contribution in [2.75, 3.05) is 24.3 Å². The molecule has 0 fully saturated rings. The minimum atomic E-state index is -0.281. The zero-order chi connectivity index (χ0) is 19.2. The van der Waals surface area contributed by atoms with Crippen LogP contribution >= 0.6 is 11.3 Å². The highest BCUT2D eigenvalue weighted by molar-refractivity contribution is 7.18. The van der Waals surface area contributed by atoms with Crippen LogP contribution in [0.2, 0.25) is 0 Å². The van der Waals surface area contributed by atoms with Crippen molar-refractivity contribution in [3.63, 3.8) is 0 Å². The maximum Gasteiger partial charge on any atom is 0.229 e. The van der Waals surface area contributed by atoms with E-state index in [4.69, 9.17) is 0 Å². The van der Waals surface area contributed by atoms with Crippen LogP contribution in [-0.2, 0) is 11.2 Å². The Balaban J connectivity index is 1.77. The molecule has 0 saturated carbocycles. The van der Waals surface area contributed by atoms with Gasteiger partial charge in [-0.1, -0.05) is 72.0 Å². The SMILES string of the molecule is CN(C)c1nc(NC(=O)[CH]Cc2ccccc2)c(C(=O)c2ccccc2)s1. The van der Waals surface area contributed by atoms with Gasteiger partial charge in [-0.05, 0) is 12.0 Å². The first-order chi connectivity index (χ1) is 13.0. The van der Waals surface area contributed by atoms with Gasteiger partial charge in [-0.25, -0.2) is 4.98 Å². The molecule has 0 aliphatic carbocycles. The van der Waals surface area contributed by atoms with Crippen molar-refractivity contribution < 1.29 is 9.59 Å². The molecule has 1 aromatic heterocycles. The van der Waals surface area contributed by atoms with Crippen molar-refractivity contribution in [1.82, 2.24) is 4.98 Å². The Bertz CT molecular complexity index is 921. The third kappa shape index (κ3) is 4.80. The molecule has 2 aromatic carbocycles. The van der Waals surface area contributed by atoms with E-state index in [0.717, 1.165) is 5.56 Å². The number of anilines is 2. The molecule has 1 heterocycles. The molecule has 1 radical (unpaired) electrons. The van der Waals surface area contributed by atoms with Gasteiger partial charge in [0.2, 0.25) is 11.7 Å². The molecule has 1 N–H and O–H groups in total. The Kier molecular flexibility index (Phi) is 5.98. The number of carbonyl (C=O) groups is 2. The molecule has 0 aliphatic rings. The zero-order valence-electron chi connectivity index (χ0n) is 15.2. The number of hydrogen-bond donors (Lipinski definition) is 1. The molecular formula is C21H20N3O2S.